The van der Waals surface area contributed by atoms with Crippen molar-refractivity contribution >= 4 is 25.0 Å². The minimum Gasteiger partial charge on any atom is -0.350 e. The number of rotatable bonds is 8. The lowest BCUT2D eigenvalue weighted by atomic mass is 10.2. The number of aliphatic imine (C=N–C) groups is 1. The molecule has 0 saturated carbocycles. The van der Waals surface area contributed by atoms with Gasteiger partial charge in [0.15, 0.2) is 0 Å². The second kappa shape index (κ2) is 9.88. The molecule has 25 heavy (non-hydrogen) atoms. The molecule has 0 bridgehead atoms. The monoisotopic (exact) mass is 347 g/mol. The van der Waals surface area contributed by atoms with E-state index in [-0.39, 0.29) is 0 Å². The molecule has 0 radical (unpaired) electrons. The molecule has 0 aliphatic carbocycles. The van der Waals surface area contributed by atoms with E-state index in [1.165, 1.54) is 10.6 Å². The van der Waals surface area contributed by atoms with E-state index in [1.54, 1.807) is 0 Å². The molecule has 0 unspecified atom stereocenters. The standard InChI is InChI=1S/C22H22NOP/c1-4-11-20(12-5-1)19-23-17-10-18-24-25(21-13-6-2-7-14-21)22-15-8-3-9-16-22/h1-9,11-16,19H,10,17-18H2. The van der Waals surface area contributed by atoms with Gasteiger partial charge in [-0.1, -0.05) is 91.0 Å². The van der Waals surface area contributed by atoms with Gasteiger partial charge in [-0.05, 0) is 12.0 Å². The van der Waals surface area contributed by atoms with Gasteiger partial charge in [0.1, 0.15) is 0 Å². The van der Waals surface area contributed by atoms with Gasteiger partial charge in [-0.15, -0.1) is 0 Å². The molecule has 126 valence electrons. The number of benzene rings is 3. The van der Waals surface area contributed by atoms with Crippen molar-refractivity contribution in [2.24, 2.45) is 4.99 Å². The average Bonchev–Trinajstić information content (AvgIpc) is 2.69. The van der Waals surface area contributed by atoms with E-state index >= 15 is 0 Å². The van der Waals surface area contributed by atoms with Crippen LogP contribution in [0, 0.1) is 0 Å². The van der Waals surface area contributed by atoms with Crippen molar-refractivity contribution in [3.63, 3.8) is 0 Å². The zero-order chi connectivity index (χ0) is 17.2. The van der Waals surface area contributed by atoms with Gasteiger partial charge in [0, 0.05) is 23.4 Å². The minimum absolute atomic E-state index is 0.710. The molecule has 0 spiro atoms. The molecule has 3 heteroatoms. The third-order valence-electron chi connectivity index (χ3n) is 3.67. The fourth-order valence-corrected chi connectivity index (χ4v) is 4.24. The Bertz CT molecular complexity index is 720. The number of hydrogen-bond donors (Lipinski definition) is 0. The van der Waals surface area contributed by atoms with Gasteiger partial charge < -0.3 is 4.52 Å². The number of nitrogens with zero attached hydrogens (tertiary/aromatic N) is 1. The van der Waals surface area contributed by atoms with Crippen LogP contribution in [0.5, 0.6) is 0 Å². The predicted octanol–water partition coefficient (Wildman–Crippen LogP) is 4.56. The smallest absolute Gasteiger partial charge is 0.0917 e. The average molecular weight is 347 g/mol. The van der Waals surface area contributed by atoms with E-state index in [0.29, 0.717) is 6.61 Å². The zero-order valence-electron chi connectivity index (χ0n) is 14.2. The summed E-state index contributed by atoms with van der Waals surface area (Å²) >= 11 is 0. The number of hydrogen-bond acceptors (Lipinski definition) is 2. The quantitative estimate of drug-likeness (QED) is 0.332. The lowest BCUT2D eigenvalue weighted by Gasteiger charge is -2.18. The van der Waals surface area contributed by atoms with Gasteiger partial charge in [0.05, 0.1) is 14.8 Å². The molecule has 2 nitrogen and oxygen atoms in total. The topological polar surface area (TPSA) is 21.6 Å². The highest BCUT2D eigenvalue weighted by molar-refractivity contribution is 7.68. The first-order valence-corrected chi connectivity index (χ1v) is 9.77. The molecule has 3 rings (SSSR count). The first kappa shape index (κ1) is 17.5. The zero-order valence-corrected chi connectivity index (χ0v) is 15.1. The summed E-state index contributed by atoms with van der Waals surface area (Å²) in [5, 5.41) is 2.49. The summed E-state index contributed by atoms with van der Waals surface area (Å²) in [6.07, 6.45) is 2.85. The van der Waals surface area contributed by atoms with Crippen LogP contribution in [0.25, 0.3) is 0 Å². The molecule has 0 atom stereocenters. The van der Waals surface area contributed by atoms with E-state index < -0.39 is 8.15 Å². The van der Waals surface area contributed by atoms with Crippen LogP contribution in [-0.4, -0.2) is 19.4 Å². The summed E-state index contributed by atoms with van der Waals surface area (Å²) in [5.41, 5.74) is 1.14. The molecule has 0 aliphatic rings. The van der Waals surface area contributed by atoms with Crippen molar-refractivity contribution in [3.05, 3.63) is 96.6 Å². The maximum atomic E-state index is 6.26. The van der Waals surface area contributed by atoms with Crippen molar-refractivity contribution in [1.29, 1.82) is 0 Å². The van der Waals surface area contributed by atoms with Gasteiger partial charge in [0.25, 0.3) is 0 Å². The van der Waals surface area contributed by atoms with Crippen molar-refractivity contribution in [3.8, 4) is 0 Å². The summed E-state index contributed by atoms with van der Waals surface area (Å²) < 4.78 is 6.26. The largest absolute Gasteiger partial charge is 0.350 e. The van der Waals surface area contributed by atoms with E-state index in [2.05, 4.69) is 65.7 Å². The molecule has 0 amide bonds. The van der Waals surface area contributed by atoms with Crippen LogP contribution < -0.4 is 10.6 Å². The lowest BCUT2D eigenvalue weighted by Crippen LogP contribution is -2.14. The predicted molar refractivity (Wildman–Crippen MR) is 109 cm³/mol. The van der Waals surface area contributed by atoms with Crippen LogP contribution in [0.4, 0.5) is 0 Å². The van der Waals surface area contributed by atoms with Crippen molar-refractivity contribution in [2.45, 2.75) is 6.42 Å². The van der Waals surface area contributed by atoms with Gasteiger partial charge in [0.2, 0.25) is 0 Å². The van der Waals surface area contributed by atoms with E-state index in [1.807, 2.05) is 36.5 Å². The maximum absolute atomic E-state index is 6.26. The maximum Gasteiger partial charge on any atom is 0.0917 e. The van der Waals surface area contributed by atoms with Crippen LogP contribution in [0.2, 0.25) is 0 Å². The third kappa shape index (κ3) is 5.63. The Morgan fingerprint density at radius 2 is 1.24 bits per heavy atom. The lowest BCUT2D eigenvalue weighted by molar-refractivity contribution is 0.355. The molecule has 0 saturated heterocycles. The van der Waals surface area contributed by atoms with Crippen LogP contribution >= 0.6 is 8.15 Å². The second-order valence-electron chi connectivity index (χ2n) is 5.60. The summed E-state index contributed by atoms with van der Waals surface area (Å²) in [6, 6.07) is 31.1. The summed E-state index contributed by atoms with van der Waals surface area (Å²) in [5.74, 6) is 0. The Morgan fingerprint density at radius 1 is 0.720 bits per heavy atom. The molecular formula is C22H22NOP. The van der Waals surface area contributed by atoms with Crippen LogP contribution in [-0.2, 0) is 4.52 Å². The molecule has 0 heterocycles. The van der Waals surface area contributed by atoms with E-state index in [0.717, 1.165) is 18.5 Å². The van der Waals surface area contributed by atoms with Gasteiger partial charge in [-0.25, -0.2) is 0 Å². The van der Waals surface area contributed by atoms with Gasteiger partial charge >= 0.3 is 0 Å². The van der Waals surface area contributed by atoms with Crippen LogP contribution in [0.3, 0.4) is 0 Å². The van der Waals surface area contributed by atoms with Gasteiger partial charge in [-0.2, -0.15) is 0 Å². The summed E-state index contributed by atoms with van der Waals surface area (Å²) in [7, 11) is -0.767. The molecule has 0 fully saturated rings. The van der Waals surface area contributed by atoms with Crippen molar-refractivity contribution in [2.75, 3.05) is 13.2 Å². The fraction of sp³-hybridized carbons (Fsp3) is 0.136. The van der Waals surface area contributed by atoms with Gasteiger partial charge in [-0.3, -0.25) is 4.99 Å². The van der Waals surface area contributed by atoms with Crippen molar-refractivity contribution < 1.29 is 4.52 Å². The van der Waals surface area contributed by atoms with E-state index in [9.17, 15) is 0 Å². The third-order valence-corrected chi connectivity index (χ3v) is 5.65. The van der Waals surface area contributed by atoms with Crippen LogP contribution in [0.1, 0.15) is 12.0 Å². The van der Waals surface area contributed by atoms with Crippen molar-refractivity contribution in [1.82, 2.24) is 0 Å². The molecular weight excluding hydrogens is 325 g/mol. The first-order chi connectivity index (χ1) is 12.4. The van der Waals surface area contributed by atoms with E-state index in [4.69, 9.17) is 4.52 Å². The minimum atomic E-state index is -0.767. The summed E-state index contributed by atoms with van der Waals surface area (Å²) in [6.45, 7) is 1.49. The Balaban J connectivity index is 1.54. The molecule has 3 aromatic rings. The Morgan fingerprint density at radius 3 is 1.80 bits per heavy atom. The fourth-order valence-electron chi connectivity index (χ4n) is 2.45. The molecule has 3 aromatic carbocycles. The normalized spacial score (nSPS) is 11.2. The first-order valence-electron chi connectivity index (χ1n) is 8.51. The SMILES string of the molecule is C(=NCCCOP(c1ccccc1)c1ccccc1)c1ccccc1. The van der Waals surface area contributed by atoms with Crippen LogP contribution in [0.15, 0.2) is 96.0 Å². The highest BCUT2D eigenvalue weighted by Gasteiger charge is 2.14. The Kier molecular flexibility index (Phi) is 6.93. The highest BCUT2D eigenvalue weighted by Crippen LogP contribution is 2.34. The molecule has 0 aromatic heterocycles. The summed E-state index contributed by atoms with van der Waals surface area (Å²) in [4.78, 5) is 4.49. The second-order valence-corrected chi connectivity index (χ2v) is 7.48. The Labute approximate surface area is 151 Å². The Hall–Kier alpha value is -2.28. The molecule has 0 N–H and O–H groups in total. The highest BCUT2D eigenvalue weighted by atomic mass is 31.1. The molecule has 0 aliphatic heterocycles.